The quantitative estimate of drug-likeness (QED) is 0.468. The van der Waals surface area contributed by atoms with E-state index >= 15 is 0 Å². The van der Waals surface area contributed by atoms with E-state index < -0.39 is 0 Å². The van der Waals surface area contributed by atoms with Crippen molar-refractivity contribution >= 4 is 0 Å². The van der Waals surface area contributed by atoms with Gasteiger partial charge in [-0.2, -0.15) is 5.53 Å². The largest absolute Gasteiger partial charge is 0.271 e. The van der Waals surface area contributed by atoms with Crippen molar-refractivity contribution in [3.63, 3.8) is 0 Å². The van der Waals surface area contributed by atoms with Crippen LogP contribution in [-0.4, -0.2) is 16.6 Å². The molecule has 0 bridgehead atoms. The van der Waals surface area contributed by atoms with Gasteiger partial charge < -0.3 is 0 Å². The Bertz CT molecular complexity index is 113. The summed E-state index contributed by atoms with van der Waals surface area (Å²) in [7, 11) is 0. The van der Waals surface area contributed by atoms with Crippen molar-refractivity contribution in [3.8, 4) is 0 Å². The fourth-order valence-electron chi connectivity index (χ4n) is 1.04. The van der Waals surface area contributed by atoms with E-state index in [4.69, 9.17) is 5.53 Å². The molecule has 0 aliphatic carbocycles. The molecule has 0 fully saturated rings. The summed E-state index contributed by atoms with van der Waals surface area (Å²) in [5.41, 5.74) is 6.87. The third-order valence-electron chi connectivity index (χ3n) is 1.28. The Hall–Kier alpha value is -0.600. The molecule has 0 atom stereocenters. The summed E-state index contributed by atoms with van der Waals surface area (Å²) >= 11 is 0. The van der Waals surface area contributed by atoms with Crippen LogP contribution in [0.3, 0.4) is 0 Å². The van der Waals surface area contributed by atoms with Crippen LogP contribution in [0.4, 0.5) is 0 Å². The monoisotopic (exact) mass is 143 g/mol. The van der Waals surface area contributed by atoms with Gasteiger partial charge in [-0.25, -0.2) is 0 Å². The molecule has 0 saturated carbocycles. The van der Waals surface area contributed by atoms with Crippen LogP contribution in [0.1, 0.15) is 34.6 Å². The minimum absolute atomic E-state index is 0.0318. The SMILES string of the molecule is CC(C)N(N=N)C(C)(C)C. The van der Waals surface area contributed by atoms with Crippen LogP contribution in [0.25, 0.3) is 0 Å². The standard InChI is InChI=1S/C7H17N3/c1-6(2)10(9-8)7(3,4)5/h6,8H,1-5H3. The number of hydrogen-bond acceptors (Lipinski definition) is 2. The molecule has 0 aliphatic heterocycles. The Morgan fingerprint density at radius 3 is 1.70 bits per heavy atom. The average molecular weight is 143 g/mol. The topological polar surface area (TPSA) is 39.5 Å². The van der Waals surface area contributed by atoms with Crippen LogP contribution in [0.2, 0.25) is 0 Å². The zero-order valence-electron chi connectivity index (χ0n) is 7.47. The van der Waals surface area contributed by atoms with Crippen LogP contribution in [-0.2, 0) is 0 Å². The molecule has 0 saturated heterocycles. The van der Waals surface area contributed by atoms with Gasteiger partial charge in [0, 0.05) is 6.04 Å². The first kappa shape index (κ1) is 9.40. The lowest BCUT2D eigenvalue weighted by atomic mass is 10.1. The molecule has 60 valence electrons. The Balaban J connectivity index is 4.21. The summed E-state index contributed by atoms with van der Waals surface area (Å²) in [4.78, 5) is 0. The van der Waals surface area contributed by atoms with Crippen molar-refractivity contribution in [1.82, 2.24) is 5.01 Å². The normalized spacial score (nSPS) is 11.8. The first-order valence-electron chi connectivity index (χ1n) is 3.56. The summed E-state index contributed by atoms with van der Waals surface area (Å²) in [5.74, 6) is 0. The summed E-state index contributed by atoms with van der Waals surface area (Å²) in [6.07, 6.45) is 0. The molecular weight excluding hydrogens is 126 g/mol. The van der Waals surface area contributed by atoms with E-state index in [1.807, 2.05) is 34.6 Å². The molecule has 0 aromatic heterocycles. The Morgan fingerprint density at radius 2 is 1.70 bits per heavy atom. The Labute approximate surface area is 62.9 Å². The highest BCUT2D eigenvalue weighted by Gasteiger charge is 2.21. The van der Waals surface area contributed by atoms with Crippen molar-refractivity contribution in [2.45, 2.75) is 46.2 Å². The maximum Gasteiger partial charge on any atom is 0.0514 e. The number of hydrogen-bond donors (Lipinski definition) is 1. The van der Waals surface area contributed by atoms with Gasteiger partial charge in [-0.1, -0.05) is 5.22 Å². The summed E-state index contributed by atoms with van der Waals surface area (Å²) in [5, 5.41) is 5.21. The highest BCUT2D eigenvalue weighted by Crippen LogP contribution is 2.16. The highest BCUT2D eigenvalue weighted by atomic mass is 15.5. The Morgan fingerprint density at radius 1 is 1.30 bits per heavy atom. The molecule has 10 heavy (non-hydrogen) atoms. The molecule has 3 heteroatoms. The predicted octanol–water partition coefficient (Wildman–Crippen LogP) is 2.44. The van der Waals surface area contributed by atoms with Crippen LogP contribution in [0, 0.1) is 5.53 Å². The molecular formula is C7H17N3. The third kappa shape index (κ3) is 2.33. The molecule has 3 nitrogen and oxygen atoms in total. The van der Waals surface area contributed by atoms with E-state index in [-0.39, 0.29) is 5.54 Å². The van der Waals surface area contributed by atoms with Crippen LogP contribution >= 0.6 is 0 Å². The molecule has 0 radical (unpaired) electrons. The van der Waals surface area contributed by atoms with Crippen molar-refractivity contribution in [1.29, 1.82) is 5.53 Å². The van der Waals surface area contributed by atoms with Crippen molar-refractivity contribution in [2.24, 2.45) is 5.22 Å². The van der Waals surface area contributed by atoms with Gasteiger partial charge in [0.25, 0.3) is 0 Å². The lowest BCUT2D eigenvalue weighted by Crippen LogP contribution is -2.41. The van der Waals surface area contributed by atoms with Crippen molar-refractivity contribution < 1.29 is 0 Å². The second kappa shape index (κ2) is 2.99. The van der Waals surface area contributed by atoms with Gasteiger partial charge in [0.2, 0.25) is 0 Å². The third-order valence-corrected chi connectivity index (χ3v) is 1.28. The van der Waals surface area contributed by atoms with E-state index in [0.717, 1.165) is 0 Å². The zero-order chi connectivity index (χ0) is 8.36. The fraction of sp³-hybridized carbons (Fsp3) is 1.00. The van der Waals surface area contributed by atoms with E-state index in [1.165, 1.54) is 0 Å². The van der Waals surface area contributed by atoms with Gasteiger partial charge in [-0.05, 0) is 34.6 Å². The van der Waals surface area contributed by atoms with Gasteiger partial charge in [-0.3, -0.25) is 5.01 Å². The molecule has 0 rings (SSSR count). The van der Waals surface area contributed by atoms with E-state index in [1.54, 1.807) is 5.01 Å². The molecule has 0 aromatic rings. The predicted molar refractivity (Wildman–Crippen MR) is 41.9 cm³/mol. The van der Waals surface area contributed by atoms with Gasteiger partial charge in [0.05, 0.1) is 5.54 Å². The average Bonchev–Trinajstić information content (AvgIpc) is 1.60. The first-order chi connectivity index (χ1) is 4.39. The highest BCUT2D eigenvalue weighted by molar-refractivity contribution is 4.74. The molecule has 0 aliphatic rings. The molecule has 0 unspecified atom stereocenters. The van der Waals surface area contributed by atoms with E-state index in [9.17, 15) is 0 Å². The van der Waals surface area contributed by atoms with Gasteiger partial charge in [0.15, 0.2) is 0 Å². The van der Waals surface area contributed by atoms with Crippen LogP contribution < -0.4 is 0 Å². The Kier molecular flexibility index (Phi) is 2.81. The second-order valence-corrected chi connectivity index (χ2v) is 3.71. The van der Waals surface area contributed by atoms with Gasteiger partial charge in [0.1, 0.15) is 0 Å². The lowest BCUT2D eigenvalue weighted by Gasteiger charge is -2.34. The second-order valence-electron chi connectivity index (χ2n) is 3.71. The minimum atomic E-state index is -0.0318. The number of nitrogens with zero attached hydrogens (tertiary/aromatic N) is 2. The summed E-state index contributed by atoms with van der Waals surface area (Å²) in [6, 6.07) is 0.303. The summed E-state index contributed by atoms with van der Waals surface area (Å²) < 4.78 is 0. The smallest absolute Gasteiger partial charge is 0.0514 e. The van der Waals surface area contributed by atoms with E-state index in [0.29, 0.717) is 6.04 Å². The zero-order valence-corrected chi connectivity index (χ0v) is 7.47. The van der Waals surface area contributed by atoms with Crippen molar-refractivity contribution in [3.05, 3.63) is 0 Å². The molecule has 1 N–H and O–H groups in total. The number of nitrogens with one attached hydrogen (secondary N) is 1. The maximum absolute atomic E-state index is 6.90. The molecule has 0 heterocycles. The lowest BCUT2D eigenvalue weighted by molar-refractivity contribution is 0.0879. The minimum Gasteiger partial charge on any atom is -0.271 e. The van der Waals surface area contributed by atoms with Gasteiger partial charge in [-0.15, -0.1) is 0 Å². The molecule has 0 amide bonds. The van der Waals surface area contributed by atoms with Gasteiger partial charge >= 0.3 is 0 Å². The number of rotatable bonds is 2. The van der Waals surface area contributed by atoms with Crippen LogP contribution in [0.15, 0.2) is 5.22 Å². The fourth-order valence-corrected chi connectivity index (χ4v) is 1.04. The summed E-state index contributed by atoms with van der Waals surface area (Å²) in [6.45, 7) is 10.2. The molecule has 0 aromatic carbocycles. The maximum atomic E-state index is 6.90. The van der Waals surface area contributed by atoms with Crippen LogP contribution in [0.5, 0.6) is 0 Å². The molecule has 0 spiro atoms. The first-order valence-corrected chi connectivity index (χ1v) is 3.56. The van der Waals surface area contributed by atoms with Crippen molar-refractivity contribution in [2.75, 3.05) is 0 Å². The van der Waals surface area contributed by atoms with E-state index in [2.05, 4.69) is 5.22 Å².